The van der Waals surface area contributed by atoms with Gasteiger partial charge in [0, 0.05) is 5.92 Å². The molecule has 1 saturated carbocycles. The Hall–Kier alpha value is -2.25. The minimum atomic E-state index is -3.97. The SMILES string of the molecule is O=C(O)[C@@]1(CO)[C@@H](c2ccc(F)cc2)[C@@H]1S(=O)(=O)c1ccccc1. The third-order valence-corrected chi connectivity index (χ3v) is 6.84. The van der Waals surface area contributed by atoms with Crippen molar-refractivity contribution in [3.05, 3.63) is 66.0 Å². The van der Waals surface area contributed by atoms with Crippen LogP contribution in [0.4, 0.5) is 4.39 Å². The van der Waals surface area contributed by atoms with Gasteiger partial charge in [0.25, 0.3) is 0 Å². The van der Waals surface area contributed by atoms with Gasteiger partial charge < -0.3 is 10.2 Å². The van der Waals surface area contributed by atoms with Crippen molar-refractivity contribution in [2.24, 2.45) is 5.41 Å². The molecule has 5 nitrogen and oxygen atoms in total. The average molecular weight is 350 g/mol. The first kappa shape index (κ1) is 16.6. The number of sulfone groups is 1. The Labute approximate surface area is 138 Å². The zero-order valence-electron chi connectivity index (χ0n) is 12.5. The van der Waals surface area contributed by atoms with Crippen molar-refractivity contribution in [1.82, 2.24) is 0 Å². The fourth-order valence-corrected chi connectivity index (χ4v) is 5.66. The first-order chi connectivity index (χ1) is 11.4. The smallest absolute Gasteiger partial charge is 0.314 e. The Balaban J connectivity index is 2.11. The number of aliphatic hydroxyl groups excluding tert-OH is 1. The predicted molar refractivity (Wildman–Crippen MR) is 83.7 cm³/mol. The molecule has 126 valence electrons. The molecule has 2 aromatic rings. The van der Waals surface area contributed by atoms with Gasteiger partial charge in [-0.15, -0.1) is 0 Å². The van der Waals surface area contributed by atoms with E-state index in [-0.39, 0.29) is 4.90 Å². The van der Waals surface area contributed by atoms with Crippen molar-refractivity contribution in [3.8, 4) is 0 Å². The van der Waals surface area contributed by atoms with Crippen LogP contribution in [0.1, 0.15) is 11.5 Å². The largest absolute Gasteiger partial charge is 0.481 e. The Morgan fingerprint density at radius 1 is 1.08 bits per heavy atom. The maximum atomic E-state index is 13.1. The summed E-state index contributed by atoms with van der Waals surface area (Å²) < 4.78 is 38.9. The second-order valence-corrected chi connectivity index (χ2v) is 7.88. The lowest BCUT2D eigenvalue weighted by atomic mass is 10.0. The van der Waals surface area contributed by atoms with E-state index in [0.717, 1.165) is 12.1 Å². The fraction of sp³-hybridized carbons (Fsp3) is 0.235. The summed E-state index contributed by atoms with van der Waals surface area (Å²) in [6.45, 7) is -0.818. The molecule has 0 saturated heterocycles. The highest BCUT2D eigenvalue weighted by Crippen LogP contribution is 2.64. The van der Waals surface area contributed by atoms with Gasteiger partial charge in [-0.1, -0.05) is 30.3 Å². The van der Waals surface area contributed by atoms with Crippen LogP contribution in [0, 0.1) is 11.2 Å². The van der Waals surface area contributed by atoms with Crippen LogP contribution in [0.5, 0.6) is 0 Å². The van der Waals surface area contributed by atoms with Gasteiger partial charge in [-0.05, 0) is 29.8 Å². The molecular formula is C17H15FO5S. The number of halogens is 1. The molecule has 0 aromatic heterocycles. The van der Waals surface area contributed by atoms with Gasteiger partial charge in [0.2, 0.25) is 0 Å². The van der Waals surface area contributed by atoms with Crippen molar-refractivity contribution in [2.45, 2.75) is 16.1 Å². The minimum Gasteiger partial charge on any atom is -0.481 e. The van der Waals surface area contributed by atoms with E-state index >= 15 is 0 Å². The Bertz CT molecular complexity index is 864. The van der Waals surface area contributed by atoms with Gasteiger partial charge in [0.15, 0.2) is 9.84 Å². The van der Waals surface area contributed by atoms with E-state index < -0.39 is 44.8 Å². The Morgan fingerprint density at radius 2 is 1.67 bits per heavy atom. The number of benzene rings is 2. The summed E-state index contributed by atoms with van der Waals surface area (Å²) in [4.78, 5) is 11.8. The van der Waals surface area contributed by atoms with Crippen LogP contribution in [-0.4, -0.2) is 36.5 Å². The van der Waals surface area contributed by atoms with E-state index in [1.807, 2.05) is 0 Å². The molecule has 1 aliphatic carbocycles. The number of hydrogen-bond donors (Lipinski definition) is 2. The molecule has 1 aliphatic rings. The number of carboxylic acid groups (broad SMARTS) is 1. The number of aliphatic hydroxyl groups is 1. The number of rotatable bonds is 5. The molecule has 2 N–H and O–H groups in total. The molecule has 0 heterocycles. The third kappa shape index (κ3) is 2.32. The van der Waals surface area contributed by atoms with Crippen molar-refractivity contribution in [2.75, 3.05) is 6.61 Å². The van der Waals surface area contributed by atoms with E-state index in [1.165, 1.54) is 24.3 Å². The second-order valence-electron chi connectivity index (χ2n) is 5.81. The van der Waals surface area contributed by atoms with Crippen molar-refractivity contribution in [3.63, 3.8) is 0 Å². The average Bonchev–Trinajstić information content (AvgIpc) is 3.28. The van der Waals surface area contributed by atoms with Crippen molar-refractivity contribution in [1.29, 1.82) is 0 Å². The zero-order chi connectivity index (χ0) is 17.5. The fourth-order valence-electron chi connectivity index (χ4n) is 3.27. The molecule has 0 aliphatic heterocycles. The molecule has 0 radical (unpaired) electrons. The van der Waals surface area contributed by atoms with Gasteiger partial charge in [-0.25, -0.2) is 12.8 Å². The quantitative estimate of drug-likeness (QED) is 0.858. The Kier molecular flexibility index (Phi) is 3.93. The number of hydrogen-bond acceptors (Lipinski definition) is 4. The van der Waals surface area contributed by atoms with E-state index in [4.69, 9.17) is 0 Å². The van der Waals surface area contributed by atoms with Crippen LogP contribution >= 0.6 is 0 Å². The summed E-state index contributed by atoms with van der Waals surface area (Å²) in [6.07, 6.45) is 0. The molecule has 24 heavy (non-hydrogen) atoms. The molecule has 1 fully saturated rings. The second kappa shape index (κ2) is 5.68. The standard InChI is InChI=1S/C17H15FO5S/c18-12-8-6-11(7-9-12)14-15(17(14,10-19)16(20)21)24(22,23)13-4-2-1-3-5-13/h1-9,14-15,19H,10H2,(H,20,21)/t14-,15-,17-/m0/s1. The van der Waals surface area contributed by atoms with E-state index in [2.05, 4.69) is 0 Å². The minimum absolute atomic E-state index is 0.00122. The maximum Gasteiger partial charge on any atom is 0.314 e. The summed E-state index contributed by atoms with van der Waals surface area (Å²) in [5.74, 6) is -2.83. The van der Waals surface area contributed by atoms with Gasteiger partial charge >= 0.3 is 5.97 Å². The topological polar surface area (TPSA) is 91.7 Å². The number of carbonyl (C=O) groups is 1. The van der Waals surface area contributed by atoms with Crippen LogP contribution in [-0.2, 0) is 14.6 Å². The zero-order valence-corrected chi connectivity index (χ0v) is 13.3. The summed E-state index contributed by atoms with van der Waals surface area (Å²) in [5, 5.41) is 17.9. The van der Waals surface area contributed by atoms with E-state index in [1.54, 1.807) is 18.2 Å². The normalized spacial score (nSPS) is 26.1. The summed E-state index contributed by atoms with van der Waals surface area (Å²) >= 11 is 0. The molecule has 0 amide bonds. The van der Waals surface area contributed by atoms with Crippen LogP contribution in [0.3, 0.4) is 0 Å². The molecule has 2 aromatic carbocycles. The number of carboxylic acids is 1. The maximum absolute atomic E-state index is 13.1. The highest BCUT2D eigenvalue weighted by molar-refractivity contribution is 7.92. The lowest BCUT2D eigenvalue weighted by Crippen LogP contribution is -2.27. The lowest BCUT2D eigenvalue weighted by molar-refractivity contribution is -0.145. The van der Waals surface area contributed by atoms with E-state index in [0.29, 0.717) is 5.56 Å². The Morgan fingerprint density at radius 3 is 2.17 bits per heavy atom. The summed E-state index contributed by atoms with van der Waals surface area (Å²) in [6, 6.07) is 12.5. The molecule has 0 unspecified atom stereocenters. The molecule has 3 rings (SSSR count). The van der Waals surface area contributed by atoms with Gasteiger partial charge in [-0.3, -0.25) is 4.79 Å². The van der Waals surface area contributed by atoms with Crippen LogP contribution in [0.25, 0.3) is 0 Å². The van der Waals surface area contributed by atoms with E-state index in [9.17, 15) is 27.8 Å². The summed E-state index contributed by atoms with van der Waals surface area (Å²) in [5.41, 5.74) is -1.45. The molecule has 0 bridgehead atoms. The van der Waals surface area contributed by atoms with Crippen LogP contribution < -0.4 is 0 Å². The van der Waals surface area contributed by atoms with Gasteiger partial charge in [0.1, 0.15) is 11.2 Å². The highest BCUT2D eigenvalue weighted by Gasteiger charge is 2.75. The van der Waals surface area contributed by atoms with Crippen molar-refractivity contribution < 1.29 is 27.8 Å². The molecular weight excluding hydrogens is 335 g/mol. The van der Waals surface area contributed by atoms with Crippen LogP contribution in [0.15, 0.2) is 59.5 Å². The monoisotopic (exact) mass is 350 g/mol. The number of aliphatic carboxylic acids is 1. The molecule has 7 heteroatoms. The van der Waals surface area contributed by atoms with Gasteiger partial charge in [0.05, 0.1) is 16.8 Å². The molecule has 3 atom stereocenters. The lowest BCUT2D eigenvalue weighted by Gasteiger charge is -2.09. The van der Waals surface area contributed by atoms with Crippen LogP contribution in [0.2, 0.25) is 0 Å². The third-order valence-electron chi connectivity index (χ3n) is 4.55. The first-order valence-corrected chi connectivity index (χ1v) is 8.79. The predicted octanol–water partition coefficient (Wildman–Crippen LogP) is 1.83. The van der Waals surface area contributed by atoms with Gasteiger partial charge in [-0.2, -0.15) is 0 Å². The summed E-state index contributed by atoms with van der Waals surface area (Å²) in [7, 11) is -3.97. The van der Waals surface area contributed by atoms with Crippen molar-refractivity contribution >= 4 is 15.8 Å². The molecule has 0 spiro atoms. The highest BCUT2D eigenvalue weighted by atomic mass is 32.2. The first-order valence-electron chi connectivity index (χ1n) is 7.24.